The molecule has 0 aromatic heterocycles. The van der Waals surface area contributed by atoms with Crippen molar-refractivity contribution in [2.75, 3.05) is 13.1 Å². The predicted molar refractivity (Wildman–Crippen MR) is 73.8 cm³/mol. The van der Waals surface area contributed by atoms with Gasteiger partial charge in [-0.2, -0.15) is 0 Å². The first-order valence-electron chi connectivity index (χ1n) is 6.49. The zero-order valence-corrected chi connectivity index (χ0v) is 11.2. The highest BCUT2D eigenvalue weighted by molar-refractivity contribution is 6.31. The lowest BCUT2D eigenvalue weighted by molar-refractivity contribution is -0.121. The Kier molecular flexibility index (Phi) is 5.02. The van der Waals surface area contributed by atoms with Gasteiger partial charge < -0.3 is 10.6 Å². The van der Waals surface area contributed by atoms with E-state index in [1.807, 2.05) is 24.3 Å². The van der Waals surface area contributed by atoms with Gasteiger partial charge in [-0.3, -0.25) is 4.79 Å². The first kappa shape index (κ1) is 13.4. The fourth-order valence-corrected chi connectivity index (χ4v) is 2.49. The van der Waals surface area contributed by atoms with Crippen LogP contribution in [0.5, 0.6) is 0 Å². The Morgan fingerprint density at radius 1 is 1.44 bits per heavy atom. The van der Waals surface area contributed by atoms with Gasteiger partial charge >= 0.3 is 0 Å². The van der Waals surface area contributed by atoms with Crippen LogP contribution in [0.25, 0.3) is 0 Å². The van der Waals surface area contributed by atoms with Crippen LogP contribution in [-0.4, -0.2) is 25.0 Å². The van der Waals surface area contributed by atoms with Gasteiger partial charge in [0.25, 0.3) is 0 Å². The SMILES string of the molecule is O=C(CC1CCCN1)NCCc1ccccc1Cl. The van der Waals surface area contributed by atoms with E-state index < -0.39 is 0 Å². The summed E-state index contributed by atoms with van der Waals surface area (Å²) in [5.41, 5.74) is 1.08. The number of nitrogens with one attached hydrogen (secondary N) is 2. The van der Waals surface area contributed by atoms with Crippen molar-refractivity contribution < 1.29 is 4.79 Å². The van der Waals surface area contributed by atoms with Crippen molar-refractivity contribution in [2.45, 2.75) is 31.7 Å². The number of hydrogen-bond donors (Lipinski definition) is 2. The fourth-order valence-electron chi connectivity index (χ4n) is 2.26. The van der Waals surface area contributed by atoms with Crippen molar-refractivity contribution in [2.24, 2.45) is 0 Å². The molecule has 4 heteroatoms. The molecule has 1 aromatic rings. The summed E-state index contributed by atoms with van der Waals surface area (Å²) in [4.78, 5) is 11.7. The second-order valence-corrected chi connectivity index (χ2v) is 5.10. The maximum atomic E-state index is 11.7. The zero-order valence-electron chi connectivity index (χ0n) is 10.4. The molecule has 1 aliphatic heterocycles. The molecule has 2 rings (SSSR count). The summed E-state index contributed by atoms with van der Waals surface area (Å²) in [6.07, 6.45) is 3.65. The molecule has 1 heterocycles. The molecular weight excluding hydrogens is 248 g/mol. The Morgan fingerprint density at radius 3 is 3.00 bits per heavy atom. The van der Waals surface area contributed by atoms with E-state index in [-0.39, 0.29) is 5.91 Å². The van der Waals surface area contributed by atoms with E-state index in [1.165, 1.54) is 6.42 Å². The van der Waals surface area contributed by atoms with Crippen LogP contribution in [0.4, 0.5) is 0 Å². The first-order chi connectivity index (χ1) is 8.75. The van der Waals surface area contributed by atoms with E-state index >= 15 is 0 Å². The third-order valence-corrected chi connectivity index (χ3v) is 3.64. The van der Waals surface area contributed by atoms with E-state index in [2.05, 4.69) is 10.6 Å². The molecular formula is C14H19ClN2O. The molecule has 1 fully saturated rings. The van der Waals surface area contributed by atoms with Gasteiger partial charge in [-0.05, 0) is 37.4 Å². The average molecular weight is 267 g/mol. The van der Waals surface area contributed by atoms with Gasteiger partial charge in [-0.25, -0.2) is 0 Å². The van der Waals surface area contributed by atoms with E-state index in [1.54, 1.807) is 0 Å². The largest absolute Gasteiger partial charge is 0.356 e. The molecule has 0 bridgehead atoms. The predicted octanol–water partition coefficient (Wildman–Crippen LogP) is 2.14. The molecule has 2 N–H and O–H groups in total. The van der Waals surface area contributed by atoms with Crippen LogP contribution in [0, 0.1) is 0 Å². The Bertz CT molecular complexity index is 403. The van der Waals surface area contributed by atoms with Crippen LogP contribution in [0.3, 0.4) is 0 Å². The molecule has 1 saturated heterocycles. The highest BCUT2D eigenvalue weighted by Crippen LogP contribution is 2.14. The standard InChI is InChI=1S/C14H19ClN2O/c15-13-6-2-1-4-11(13)7-9-17-14(18)10-12-5-3-8-16-12/h1-2,4,6,12,16H,3,5,7-10H2,(H,17,18). The van der Waals surface area contributed by atoms with Crippen molar-refractivity contribution in [3.05, 3.63) is 34.9 Å². The molecule has 1 atom stereocenters. The molecule has 0 spiro atoms. The molecule has 0 aliphatic carbocycles. The normalized spacial score (nSPS) is 18.8. The Hall–Kier alpha value is -1.06. The highest BCUT2D eigenvalue weighted by Gasteiger charge is 2.17. The van der Waals surface area contributed by atoms with Crippen LogP contribution >= 0.6 is 11.6 Å². The minimum Gasteiger partial charge on any atom is -0.356 e. The summed E-state index contributed by atoms with van der Waals surface area (Å²) in [7, 11) is 0. The van der Waals surface area contributed by atoms with Gasteiger partial charge in [0.2, 0.25) is 5.91 Å². The molecule has 98 valence electrons. The number of amides is 1. The zero-order chi connectivity index (χ0) is 12.8. The summed E-state index contributed by atoms with van der Waals surface area (Å²) in [6.45, 7) is 1.69. The quantitative estimate of drug-likeness (QED) is 0.857. The van der Waals surface area contributed by atoms with Gasteiger partial charge in [-0.1, -0.05) is 29.8 Å². The molecule has 1 aliphatic rings. The van der Waals surface area contributed by atoms with Gasteiger partial charge in [-0.15, -0.1) is 0 Å². The maximum absolute atomic E-state index is 11.7. The topological polar surface area (TPSA) is 41.1 Å². The number of halogens is 1. The van der Waals surface area contributed by atoms with E-state index in [0.29, 0.717) is 19.0 Å². The van der Waals surface area contributed by atoms with Crippen molar-refractivity contribution in [1.29, 1.82) is 0 Å². The summed E-state index contributed by atoms with van der Waals surface area (Å²) in [5, 5.41) is 7.04. The van der Waals surface area contributed by atoms with Gasteiger partial charge in [0.05, 0.1) is 0 Å². The Labute approximate surface area is 113 Å². The first-order valence-corrected chi connectivity index (χ1v) is 6.87. The average Bonchev–Trinajstić information content (AvgIpc) is 2.84. The lowest BCUT2D eigenvalue weighted by atomic mass is 10.1. The molecule has 1 amide bonds. The monoisotopic (exact) mass is 266 g/mol. The minimum atomic E-state index is 0.126. The number of rotatable bonds is 5. The smallest absolute Gasteiger partial charge is 0.221 e. The number of carbonyl (C=O) groups excluding carboxylic acids is 1. The fraction of sp³-hybridized carbons (Fsp3) is 0.500. The molecule has 0 radical (unpaired) electrons. The lowest BCUT2D eigenvalue weighted by Gasteiger charge is -2.10. The van der Waals surface area contributed by atoms with E-state index in [4.69, 9.17) is 11.6 Å². The second-order valence-electron chi connectivity index (χ2n) is 4.69. The van der Waals surface area contributed by atoms with Crippen LogP contribution in [0.2, 0.25) is 5.02 Å². The van der Waals surface area contributed by atoms with Gasteiger partial charge in [0.15, 0.2) is 0 Å². The summed E-state index contributed by atoms with van der Waals surface area (Å²) < 4.78 is 0. The van der Waals surface area contributed by atoms with Gasteiger partial charge in [0, 0.05) is 24.0 Å². The van der Waals surface area contributed by atoms with Crippen LogP contribution in [-0.2, 0) is 11.2 Å². The van der Waals surface area contributed by atoms with Gasteiger partial charge in [0.1, 0.15) is 0 Å². The third kappa shape index (κ3) is 4.00. The van der Waals surface area contributed by atoms with Crippen molar-refractivity contribution in [3.8, 4) is 0 Å². The van der Waals surface area contributed by atoms with E-state index in [9.17, 15) is 4.79 Å². The van der Waals surface area contributed by atoms with Crippen molar-refractivity contribution in [3.63, 3.8) is 0 Å². The second kappa shape index (κ2) is 6.76. The third-order valence-electron chi connectivity index (χ3n) is 3.27. The lowest BCUT2D eigenvalue weighted by Crippen LogP contribution is -2.32. The summed E-state index contributed by atoms with van der Waals surface area (Å²) in [6, 6.07) is 8.11. The summed E-state index contributed by atoms with van der Waals surface area (Å²) >= 11 is 6.05. The highest BCUT2D eigenvalue weighted by atomic mass is 35.5. The van der Waals surface area contributed by atoms with Crippen molar-refractivity contribution >= 4 is 17.5 Å². The Balaban J connectivity index is 1.68. The van der Waals surface area contributed by atoms with E-state index in [0.717, 1.165) is 30.0 Å². The number of hydrogen-bond acceptors (Lipinski definition) is 2. The molecule has 0 saturated carbocycles. The van der Waals surface area contributed by atoms with Crippen LogP contribution in [0.1, 0.15) is 24.8 Å². The minimum absolute atomic E-state index is 0.126. The van der Waals surface area contributed by atoms with Crippen molar-refractivity contribution in [1.82, 2.24) is 10.6 Å². The Morgan fingerprint density at radius 2 is 2.28 bits per heavy atom. The molecule has 18 heavy (non-hydrogen) atoms. The maximum Gasteiger partial charge on any atom is 0.221 e. The number of carbonyl (C=O) groups is 1. The molecule has 1 aromatic carbocycles. The molecule has 1 unspecified atom stereocenters. The molecule has 3 nitrogen and oxygen atoms in total. The summed E-state index contributed by atoms with van der Waals surface area (Å²) in [5.74, 6) is 0.126. The van der Waals surface area contributed by atoms with Crippen LogP contribution in [0.15, 0.2) is 24.3 Å². The van der Waals surface area contributed by atoms with Crippen LogP contribution < -0.4 is 10.6 Å². The number of benzene rings is 1.